The van der Waals surface area contributed by atoms with Crippen molar-refractivity contribution >= 4 is 29.2 Å². The molecule has 10 heteroatoms. The Morgan fingerprint density at radius 2 is 1.80 bits per heavy atom. The molecule has 3 aromatic carbocycles. The minimum absolute atomic E-state index is 0.0633. The Morgan fingerprint density at radius 1 is 1.02 bits per heavy atom. The molecule has 1 atom stereocenters. The number of aryl methyl sites for hydroxylation is 1. The first kappa shape index (κ1) is 31.8. The van der Waals surface area contributed by atoms with Crippen molar-refractivity contribution in [2.24, 2.45) is 11.7 Å². The minimum Gasteiger partial charge on any atom is -0.489 e. The number of halogens is 1. The van der Waals surface area contributed by atoms with Crippen molar-refractivity contribution in [2.45, 2.75) is 52.7 Å². The highest BCUT2D eigenvalue weighted by Crippen LogP contribution is 2.28. The first-order valence-electron chi connectivity index (χ1n) is 15.4. The molecule has 3 amide bonds. The Labute approximate surface area is 262 Å². The number of carbonyl (C=O) groups is 4. The van der Waals surface area contributed by atoms with E-state index in [4.69, 9.17) is 10.5 Å². The van der Waals surface area contributed by atoms with Crippen LogP contribution in [0.3, 0.4) is 0 Å². The van der Waals surface area contributed by atoms with Crippen molar-refractivity contribution in [3.05, 3.63) is 93.8 Å². The number of nitrogens with zero attached hydrogens (tertiary/aromatic N) is 2. The SMILES string of the molecule is CCc1c(OCc2ccc(CN3CCN(c4ccc(C(N)=O)c(F)c4)CC3)cc2C)cccc1C(=O)CC1CCC(=O)NC1=O. The van der Waals surface area contributed by atoms with Crippen LogP contribution in [0.4, 0.5) is 10.1 Å². The number of Topliss-reactive ketones (excluding diaryl/α,β-unsaturated/α-hetero) is 1. The summed E-state index contributed by atoms with van der Waals surface area (Å²) in [6, 6.07) is 16.4. The monoisotopic (exact) mass is 614 g/mol. The minimum atomic E-state index is -0.771. The van der Waals surface area contributed by atoms with Crippen LogP contribution < -0.4 is 20.7 Å². The van der Waals surface area contributed by atoms with Gasteiger partial charge in [-0.05, 0) is 60.7 Å². The maximum absolute atomic E-state index is 14.2. The highest BCUT2D eigenvalue weighted by atomic mass is 19.1. The molecule has 3 aromatic rings. The zero-order valence-electron chi connectivity index (χ0n) is 25.7. The van der Waals surface area contributed by atoms with Crippen LogP contribution in [0.15, 0.2) is 54.6 Å². The molecule has 1 unspecified atom stereocenters. The molecule has 2 heterocycles. The van der Waals surface area contributed by atoms with E-state index in [1.54, 1.807) is 18.2 Å². The molecule has 3 N–H and O–H groups in total. The number of hydrogen-bond donors (Lipinski definition) is 2. The highest BCUT2D eigenvalue weighted by molar-refractivity contribution is 6.04. The molecular formula is C35H39FN4O5. The standard InChI is InChI=1S/C35H39FN4O5/c1-3-27-28(31(41)18-24-9-12-33(42)38-35(24)44)5-4-6-32(27)45-21-25-8-7-23(17-22(25)2)20-39-13-15-40(16-14-39)26-10-11-29(34(37)43)30(36)19-26/h4-8,10-11,17,19,24H,3,9,12-16,18,20-21H2,1-2H3,(H2,37,43)(H,38,42,44). The zero-order chi connectivity index (χ0) is 32.1. The summed E-state index contributed by atoms with van der Waals surface area (Å²) in [6.07, 6.45) is 1.30. The molecule has 9 nitrogen and oxygen atoms in total. The van der Waals surface area contributed by atoms with Crippen LogP contribution in [-0.4, -0.2) is 54.6 Å². The number of anilines is 1. The Balaban J connectivity index is 1.16. The van der Waals surface area contributed by atoms with Gasteiger partial charge in [-0.15, -0.1) is 0 Å². The molecule has 0 bridgehead atoms. The number of nitrogens with one attached hydrogen (secondary N) is 1. The third-order valence-corrected chi connectivity index (χ3v) is 8.72. The van der Waals surface area contributed by atoms with Crippen LogP contribution >= 0.6 is 0 Å². The summed E-state index contributed by atoms with van der Waals surface area (Å²) in [5, 5.41) is 2.33. The van der Waals surface area contributed by atoms with E-state index < -0.39 is 17.6 Å². The van der Waals surface area contributed by atoms with Gasteiger partial charge in [0.15, 0.2) is 5.78 Å². The quantitative estimate of drug-likeness (QED) is 0.244. The molecule has 45 heavy (non-hydrogen) atoms. The van der Waals surface area contributed by atoms with Gasteiger partial charge in [0, 0.05) is 68.3 Å². The van der Waals surface area contributed by atoms with Crippen LogP contribution in [0.5, 0.6) is 5.75 Å². The molecule has 2 aliphatic heterocycles. The summed E-state index contributed by atoms with van der Waals surface area (Å²) in [4.78, 5) is 52.6. The van der Waals surface area contributed by atoms with Crippen molar-refractivity contribution in [1.29, 1.82) is 0 Å². The number of ketones is 1. The number of piperazine rings is 1. The summed E-state index contributed by atoms with van der Waals surface area (Å²) in [5.74, 6) is -2.01. The van der Waals surface area contributed by atoms with Gasteiger partial charge >= 0.3 is 0 Å². The second-order valence-electron chi connectivity index (χ2n) is 11.8. The fourth-order valence-electron chi connectivity index (χ4n) is 6.09. The molecule has 5 rings (SSSR count). The Bertz CT molecular complexity index is 1620. The normalized spacial score (nSPS) is 17.2. The lowest BCUT2D eigenvalue weighted by molar-refractivity contribution is -0.136. The van der Waals surface area contributed by atoms with Gasteiger partial charge in [0.1, 0.15) is 18.2 Å². The number of carbonyl (C=O) groups excluding carboxylic acids is 4. The van der Waals surface area contributed by atoms with Crippen molar-refractivity contribution in [1.82, 2.24) is 10.2 Å². The van der Waals surface area contributed by atoms with Crippen molar-refractivity contribution in [2.75, 3.05) is 31.1 Å². The van der Waals surface area contributed by atoms with Crippen molar-refractivity contribution < 1.29 is 28.3 Å². The Morgan fingerprint density at radius 3 is 2.47 bits per heavy atom. The number of amides is 3. The number of piperidine rings is 1. The molecule has 236 valence electrons. The smallest absolute Gasteiger partial charge is 0.251 e. The largest absolute Gasteiger partial charge is 0.489 e. The van der Waals surface area contributed by atoms with Gasteiger partial charge in [0.2, 0.25) is 11.8 Å². The second kappa shape index (κ2) is 14.0. The summed E-state index contributed by atoms with van der Waals surface area (Å²) in [6.45, 7) is 8.32. The fraction of sp³-hybridized carbons (Fsp3) is 0.371. The van der Waals surface area contributed by atoms with E-state index in [0.717, 1.165) is 55.1 Å². The van der Waals surface area contributed by atoms with Gasteiger partial charge in [-0.25, -0.2) is 4.39 Å². The van der Waals surface area contributed by atoms with Crippen LogP contribution in [0.1, 0.15) is 69.2 Å². The summed E-state index contributed by atoms with van der Waals surface area (Å²) < 4.78 is 20.5. The van der Waals surface area contributed by atoms with Gasteiger partial charge < -0.3 is 15.4 Å². The molecule has 0 aromatic heterocycles. The second-order valence-corrected chi connectivity index (χ2v) is 11.8. The van der Waals surface area contributed by atoms with Crippen LogP contribution in [0.2, 0.25) is 0 Å². The van der Waals surface area contributed by atoms with E-state index in [1.807, 2.05) is 13.0 Å². The number of nitrogens with two attached hydrogens (primary N) is 1. The third-order valence-electron chi connectivity index (χ3n) is 8.72. The molecule has 2 aliphatic rings. The summed E-state index contributed by atoms with van der Waals surface area (Å²) in [5.41, 5.74) is 10.6. The van der Waals surface area contributed by atoms with E-state index in [1.165, 1.54) is 17.7 Å². The fourth-order valence-corrected chi connectivity index (χ4v) is 6.09. The third kappa shape index (κ3) is 7.57. The zero-order valence-corrected chi connectivity index (χ0v) is 25.7. The van der Waals surface area contributed by atoms with Gasteiger partial charge in [0.25, 0.3) is 5.91 Å². The van der Waals surface area contributed by atoms with Gasteiger partial charge in [-0.2, -0.15) is 0 Å². The number of rotatable bonds is 11. The molecule has 0 aliphatic carbocycles. The van der Waals surface area contributed by atoms with Gasteiger partial charge in [-0.1, -0.05) is 37.3 Å². The van der Waals surface area contributed by atoms with E-state index in [0.29, 0.717) is 30.8 Å². The van der Waals surface area contributed by atoms with Crippen molar-refractivity contribution in [3.63, 3.8) is 0 Å². The van der Waals surface area contributed by atoms with Gasteiger partial charge in [0.05, 0.1) is 5.56 Å². The number of hydrogen-bond acceptors (Lipinski definition) is 7. The number of ether oxygens (including phenoxy) is 1. The van der Waals surface area contributed by atoms with Crippen LogP contribution in [-0.2, 0) is 29.2 Å². The number of primary amides is 1. The van der Waals surface area contributed by atoms with E-state index >= 15 is 0 Å². The molecule has 0 radical (unpaired) electrons. The molecule has 2 saturated heterocycles. The lowest BCUT2D eigenvalue weighted by atomic mass is 9.89. The number of imide groups is 1. The van der Waals surface area contributed by atoms with E-state index in [2.05, 4.69) is 40.2 Å². The topological polar surface area (TPSA) is 122 Å². The number of benzene rings is 3. The summed E-state index contributed by atoms with van der Waals surface area (Å²) in [7, 11) is 0. The lowest BCUT2D eigenvalue weighted by Crippen LogP contribution is -2.46. The summed E-state index contributed by atoms with van der Waals surface area (Å²) >= 11 is 0. The molecule has 0 spiro atoms. The Hall–Kier alpha value is -4.57. The van der Waals surface area contributed by atoms with Gasteiger partial charge in [-0.3, -0.25) is 29.4 Å². The first-order valence-corrected chi connectivity index (χ1v) is 15.4. The predicted octanol–water partition coefficient (Wildman–Crippen LogP) is 4.32. The molecular weight excluding hydrogens is 575 g/mol. The van der Waals surface area contributed by atoms with E-state index in [9.17, 15) is 23.6 Å². The Kier molecular flexibility index (Phi) is 9.93. The maximum Gasteiger partial charge on any atom is 0.251 e. The van der Waals surface area contributed by atoms with Crippen LogP contribution in [0, 0.1) is 18.7 Å². The average Bonchev–Trinajstić information content (AvgIpc) is 3.02. The first-order chi connectivity index (χ1) is 21.6. The van der Waals surface area contributed by atoms with Crippen LogP contribution in [0.25, 0.3) is 0 Å². The average molecular weight is 615 g/mol. The molecule has 0 saturated carbocycles. The van der Waals surface area contributed by atoms with E-state index in [-0.39, 0.29) is 36.0 Å². The highest BCUT2D eigenvalue weighted by Gasteiger charge is 2.29. The lowest BCUT2D eigenvalue weighted by Gasteiger charge is -2.36. The van der Waals surface area contributed by atoms with Crippen molar-refractivity contribution in [3.8, 4) is 5.75 Å². The maximum atomic E-state index is 14.2. The molecule has 2 fully saturated rings. The predicted molar refractivity (Wildman–Crippen MR) is 169 cm³/mol.